The minimum absolute atomic E-state index is 0.0169. The van der Waals surface area contributed by atoms with E-state index in [1.54, 1.807) is 0 Å². The summed E-state index contributed by atoms with van der Waals surface area (Å²) in [6.45, 7) is 6.90. The number of nitrogens with one attached hydrogen (secondary N) is 1. The summed E-state index contributed by atoms with van der Waals surface area (Å²) >= 11 is 4.91. The van der Waals surface area contributed by atoms with Gasteiger partial charge in [0.25, 0.3) is 5.91 Å². The normalized spacial score (nSPS) is 10.8. The van der Waals surface area contributed by atoms with Crippen LogP contribution in [0.3, 0.4) is 0 Å². The predicted molar refractivity (Wildman–Crippen MR) is 88.5 cm³/mol. The van der Waals surface area contributed by atoms with Crippen LogP contribution in [-0.4, -0.2) is 5.91 Å². The zero-order chi connectivity index (χ0) is 14.7. The molecule has 2 rings (SSSR count). The van der Waals surface area contributed by atoms with Crippen molar-refractivity contribution in [2.75, 3.05) is 0 Å². The van der Waals surface area contributed by atoms with Crippen molar-refractivity contribution in [1.82, 2.24) is 5.32 Å². The van der Waals surface area contributed by atoms with Crippen LogP contribution in [0.5, 0.6) is 0 Å². The number of aryl methyl sites for hydroxylation is 1. The lowest BCUT2D eigenvalue weighted by atomic mass is 10.0. The van der Waals surface area contributed by atoms with Gasteiger partial charge in [-0.15, -0.1) is 11.3 Å². The Labute approximate surface area is 132 Å². The molecule has 2 aromatic rings. The van der Waals surface area contributed by atoms with Crippen molar-refractivity contribution in [2.24, 2.45) is 0 Å². The Morgan fingerprint density at radius 2 is 1.95 bits per heavy atom. The fraction of sp³-hybridized carbons (Fsp3) is 0.312. The number of halogens is 1. The molecule has 20 heavy (non-hydrogen) atoms. The first-order valence-corrected chi connectivity index (χ1v) is 8.21. The van der Waals surface area contributed by atoms with Gasteiger partial charge >= 0.3 is 0 Å². The van der Waals surface area contributed by atoms with Crippen LogP contribution in [0.1, 0.15) is 46.1 Å². The molecule has 1 N–H and O–H groups in total. The molecule has 1 amide bonds. The standard InChI is InChI=1S/C16H18BrNOS/c1-10(2)13-6-4-12(5-7-13)9-18-16(19)14-8-11(3)15(17)20-14/h4-8,10H,9H2,1-3H3,(H,18,19). The number of carbonyl (C=O) groups excluding carboxylic acids is 1. The van der Waals surface area contributed by atoms with Crippen molar-refractivity contribution in [3.8, 4) is 0 Å². The molecular formula is C16H18BrNOS. The van der Waals surface area contributed by atoms with E-state index in [0.29, 0.717) is 12.5 Å². The summed E-state index contributed by atoms with van der Waals surface area (Å²) < 4.78 is 1.02. The maximum atomic E-state index is 12.0. The molecule has 0 radical (unpaired) electrons. The molecule has 2 nitrogen and oxygen atoms in total. The number of amides is 1. The van der Waals surface area contributed by atoms with Crippen LogP contribution in [0.4, 0.5) is 0 Å². The van der Waals surface area contributed by atoms with Crippen molar-refractivity contribution in [1.29, 1.82) is 0 Å². The van der Waals surface area contributed by atoms with E-state index in [1.165, 1.54) is 16.9 Å². The van der Waals surface area contributed by atoms with Crippen LogP contribution in [0.2, 0.25) is 0 Å². The van der Waals surface area contributed by atoms with Gasteiger partial charge in [0.2, 0.25) is 0 Å². The van der Waals surface area contributed by atoms with Crippen molar-refractivity contribution >= 4 is 33.2 Å². The number of thiophene rings is 1. The second-order valence-corrected chi connectivity index (χ2v) is 7.52. The second kappa shape index (κ2) is 6.55. The average molecular weight is 352 g/mol. The molecule has 0 saturated heterocycles. The van der Waals surface area contributed by atoms with Crippen molar-refractivity contribution in [2.45, 2.75) is 33.2 Å². The largest absolute Gasteiger partial charge is 0.347 e. The average Bonchev–Trinajstić information content (AvgIpc) is 2.76. The molecule has 1 heterocycles. The van der Waals surface area contributed by atoms with E-state index in [1.807, 2.05) is 13.0 Å². The van der Waals surface area contributed by atoms with Gasteiger partial charge in [0.15, 0.2) is 0 Å². The monoisotopic (exact) mass is 351 g/mol. The summed E-state index contributed by atoms with van der Waals surface area (Å²) in [6, 6.07) is 10.3. The van der Waals surface area contributed by atoms with Gasteiger partial charge in [0.1, 0.15) is 0 Å². The third-order valence-corrected chi connectivity index (χ3v) is 5.32. The summed E-state index contributed by atoms with van der Waals surface area (Å²) in [5, 5.41) is 2.96. The Kier molecular flexibility index (Phi) is 5.00. The molecule has 4 heteroatoms. The fourth-order valence-electron chi connectivity index (χ4n) is 1.86. The molecule has 0 bridgehead atoms. The maximum Gasteiger partial charge on any atom is 0.261 e. The van der Waals surface area contributed by atoms with Gasteiger partial charge in [-0.05, 0) is 51.5 Å². The third kappa shape index (κ3) is 3.70. The molecule has 0 aliphatic heterocycles. The Hall–Kier alpha value is -1.13. The number of rotatable bonds is 4. The Bertz CT molecular complexity index is 582. The van der Waals surface area contributed by atoms with Crippen LogP contribution >= 0.6 is 27.3 Å². The van der Waals surface area contributed by atoms with Crippen LogP contribution in [-0.2, 0) is 6.54 Å². The SMILES string of the molecule is Cc1cc(C(=O)NCc2ccc(C(C)C)cc2)sc1Br. The van der Waals surface area contributed by atoms with E-state index in [9.17, 15) is 4.79 Å². The number of hydrogen-bond donors (Lipinski definition) is 1. The highest BCUT2D eigenvalue weighted by atomic mass is 79.9. The van der Waals surface area contributed by atoms with Crippen LogP contribution in [0.25, 0.3) is 0 Å². The van der Waals surface area contributed by atoms with Crippen molar-refractivity contribution < 1.29 is 4.79 Å². The minimum atomic E-state index is -0.0169. The summed E-state index contributed by atoms with van der Waals surface area (Å²) in [6.07, 6.45) is 0. The molecule has 0 atom stereocenters. The first-order chi connectivity index (χ1) is 9.47. The highest BCUT2D eigenvalue weighted by molar-refractivity contribution is 9.11. The quantitative estimate of drug-likeness (QED) is 0.835. The first kappa shape index (κ1) is 15.3. The van der Waals surface area contributed by atoms with E-state index in [4.69, 9.17) is 0 Å². The highest BCUT2D eigenvalue weighted by Gasteiger charge is 2.10. The second-order valence-electron chi connectivity index (χ2n) is 5.15. The van der Waals surface area contributed by atoms with Gasteiger partial charge in [-0.25, -0.2) is 0 Å². The maximum absolute atomic E-state index is 12.0. The molecule has 1 aromatic heterocycles. The van der Waals surface area contributed by atoms with Crippen LogP contribution in [0, 0.1) is 6.92 Å². The van der Waals surface area contributed by atoms with Gasteiger partial charge in [-0.2, -0.15) is 0 Å². The Balaban J connectivity index is 1.96. The van der Waals surface area contributed by atoms with Crippen molar-refractivity contribution in [3.63, 3.8) is 0 Å². The smallest absolute Gasteiger partial charge is 0.261 e. The summed E-state index contributed by atoms with van der Waals surface area (Å²) in [5.41, 5.74) is 3.54. The molecule has 0 unspecified atom stereocenters. The summed E-state index contributed by atoms with van der Waals surface area (Å²) in [4.78, 5) is 12.8. The van der Waals surface area contributed by atoms with E-state index in [-0.39, 0.29) is 5.91 Å². The van der Waals surface area contributed by atoms with Gasteiger partial charge in [-0.1, -0.05) is 38.1 Å². The number of carbonyl (C=O) groups is 1. The topological polar surface area (TPSA) is 29.1 Å². The van der Waals surface area contributed by atoms with Gasteiger partial charge in [-0.3, -0.25) is 4.79 Å². The van der Waals surface area contributed by atoms with E-state index in [0.717, 1.165) is 19.8 Å². The molecular weight excluding hydrogens is 334 g/mol. The Morgan fingerprint density at radius 3 is 2.45 bits per heavy atom. The number of benzene rings is 1. The Morgan fingerprint density at radius 1 is 1.30 bits per heavy atom. The highest BCUT2D eigenvalue weighted by Crippen LogP contribution is 2.27. The molecule has 106 valence electrons. The van der Waals surface area contributed by atoms with E-state index >= 15 is 0 Å². The molecule has 0 aliphatic carbocycles. The van der Waals surface area contributed by atoms with Gasteiger partial charge in [0.05, 0.1) is 8.66 Å². The molecule has 0 aliphatic rings. The molecule has 0 saturated carbocycles. The van der Waals surface area contributed by atoms with Crippen LogP contribution < -0.4 is 5.32 Å². The minimum Gasteiger partial charge on any atom is -0.347 e. The van der Waals surface area contributed by atoms with Crippen molar-refractivity contribution in [3.05, 3.63) is 55.7 Å². The van der Waals surface area contributed by atoms with Crippen LogP contribution in [0.15, 0.2) is 34.1 Å². The van der Waals surface area contributed by atoms with E-state index < -0.39 is 0 Å². The first-order valence-electron chi connectivity index (χ1n) is 6.60. The summed E-state index contributed by atoms with van der Waals surface area (Å²) in [5.74, 6) is 0.516. The third-order valence-electron chi connectivity index (χ3n) is 3.18. The predicted octanol–water partition coefficient (Wildman–Crippen LogP) is 4.87. The van der Waals surface area contributed by atoms with Gasteiger partial charge in [0, 0.05) is 6.54 Å². The number of hydrogen-bond acceptors (Lipinski definition) is 2. The molecule has 0 spiro atoms. The lowest BCUT2D eigenvalue weighted by molar-refractivity contribution is 0.0955. The zero-order valence-corrected chi connectivity index (χ0v) is 14.3. The summed E-state index contributed by atoms with van der Waals surface area (Å²) in [7, 11) is 0. The molecule has 0 fully saturated rings. The molecule has 1 aromatic carbocycles. The zero-order valence-electron chi connectivity index (χ0n) is 11.9. The lowest BCUT2D eigenvalue weighted by Crippen LogP contribution is -2.21. The lowest BCUT2D eigenvalue weighted by Gasteiger charge is -2.07. The van der Waals surface area contributed by atoms with E-state index in [2.05, 4.69) is 59.4 Å². The van der Waals surface area contributed by atoms with Gasteiger partial charge < -0.3 is 5.32 Å². The fourth-order valence-corrected chi connectivity index (χ4v) is 3.31.